The molecule has 1 aromatic heterocycles. The van der Waals surface area contributed by atoms with E-state index in [0.29, 0.717) is 21.9 Å². The lowest BCUT2D eigenvalue weighted by molar-refractivity contribution is -0.385. The molecule has 4 rings (SSSR count). The molecule has 0 N–H and O–H groups in total. The number of anilines is 2. The van der Waals surface area contributed by atoms with Crippen LogP contribution in [0.2, 0.25) is 0 Å². The van der Waals surface area contributed by atoms with Gasteiger partial charge in [0.1, 0.15) is 0 Å². The first-order valence-electron chi connectivity index (χ1n) is 9.52. The third kappa shape index (κ3) is 3.67. The summed E-state index contributed by atoms with van der Waals surface area (Å²) < 4.78 is 0.982. The molecule has 0 aliphatic heterocycles. The Labute approximate surface area is 177 Å². The minimum Gasteiger partial charge on any atom is -0.268 e. The van der Waals surface area contributed by atoms with Crippen LogP contribution in [0.1, 0.15) is 28.4 Å². The number of aryl methyl sites for hydroxylation is 2. The number of nitro benzene ring substituents is 1. The number of amides is 1. The number of nitro groups is 1. The first-order valence-corrected chi connectivity index (χ1v) is 10.3. The molecule has 30 heavy (non-hydrogen) atoms. The third-order valence-corrected chi connectivity index (χ3v) is 5.94. The average Bonchev–Trinajstić information content (AvgIpc) is 3.17. The molecule has 0 saturated carbocycles. The van der Waals surface area contributed by atoms with Gasteiger partial charge in [-0.2, -0.15) is 0 Å². The molecule has 7 heteroatoms. The molecule has 3 aromatic carbocycles. The van der Waals surface area contributed by atoms with Crippen molar-refractivity contribution in [2.75, 3.05) is 4.90 Å². The number of para-hydroxylation sites is 1. The molecular weight excluding hydrogens is 398 g/mol. The molecule has 0 saturated heterocycles. The third-order valence-electron chi connectivity index (χ3n) is 4.92. The zero-order valence-corrected chi connectivity index (χ0v) is 17.3. The fourth-order valence-corrected chi connectivity index (χ4v) is 4.26. The van der Waals surface area contributed by atoms with E-state index in [1.54, 1.807) is 17.9 Å². The summed E-state index contributed by atoms with van der Waals surface area (Å²) in [5.74, 6) is -0.281. The van der Waals surface area contributed by atoms with E-state index in [9.17, 15) is 14.9 Å². The van der Waals surface area contributed by atoms with E-state index in [1.165, 1.54) is 29.0 Å². The zero-order chi connectivity index (χ0) is 21.3. The van der Waals surface area contributed by atoms with Crippen molar-refractivity contribution < 1.29 is 9.72 Å². The van der Waals surface area contributed by atoms with Crippen LogP contribution in [-0.2, 0) is 6.42 Å². The van der Waals surface area contributed by atoms with Crippen molar-refractivity contribution in [3.8, 4) is 0 Å². The predicted octanol–water partition coefficient (Wildman–Crippen LogP) is 6.05. The van der Waals surface area contributed by atoms with E-state index in [1.807, 2.05) is 48.5 Å². The van der Waals surface area contributed by atoms with Crippen molar-refractivity contribution in [1.82, 2.24) is 4.98 Å². The standard InChI is InChI=1S/C23H19N3O3S/c1-3-16-8-11-18(12-9-16)25(23-24-19-6-4-5-7-21(19)30-23)22(27)17-10-13-20(26(28)29)15(2)14-17/h4-14H,3H2,1-2H3. The quantitative estimate of drug-likeness (QED) is 0.292. The normalized spacial score (nSPS) is 10.9. The number of nitrogens with zero attached hydrogens (tertiary/aromatic N) is 3. The summed E-state index contributed by atoms with van der Waals surface area (Å²) in [5, 5.41) is 11.7. The summed E-state index contributed by atoms with van der Waals surface area (Å²) in [5.41, 5.74) is 3.49. The number of fused-ring (bicyclic) bond motifs is 1. The van der Waals surface area contributed by atoms with E-state index < -0.39 is 4.92 Å². The molecular formula is C23H19N3O3S. The largest absolute Gasteiger partial charge is 0.272 e. The van der Waals surface area contributed by atoms with E-state index in [-0.39, 0.29) is 11.6 Å². The van der Waals surface area contributed by atoms with Crippen LogP contribution in [0.4, 0.5) is 16.5 Å². The Hall–Kier alpha value is -3.58. The fourth-order valence-electron chi connectivity index (χ4n) is 3.27. The topological polar surface area (TPSA) is 76.3 Å². The second-order valence-electron chi connectivity index (χ2n) is 6.88. The summed E-state index contributed by atoms with van der Waals surface area (Å²) in [6.45, 7) is 3.71. The Bertz CT molecular complexity index is 1220. The lowest BCUT2D eigenvalue weighted by Gasteiger charge is -2.20. The summed E-state index contributed by atoms with van der Waals surface area (Å²) in [6.07, 6.45) is 0.900. The van der Waals surface area contributed by atoms with Gasteiger partial charge in [-0.1, -0.05) is 42.5 Å². The van der Waals surface area contributed by atoms with Gasteiger partial charge in [-0.25, -0.2) is 4.98 Å². The highest BCUT2D eigenvalue weighted by Crippen LogP contribution is 2.35. The Kier molecular flexibility index (Phi) is 5.29. The average molecular weight is 417 g/mol. The van der Waals surface area contributed by atoms with Crippen LogP contribution in [0.3, 0.4) is 0 Å². The van der Waals surface area contributed by atoms with Gasteiger partial charge in [0, 0.05) is 17.2 Å². The van der Waals surface area contributed by atoms with Crippen molar-refractivity contribution in [2.24, 2.45) is 0 Å². The second kappa shape index (κ2) is 8.04. The van der Waals surface area contributed by atoms with Gasteiger partial charge in [0.15, 0.2) is 5.13 Å². The smallest absolute Gasteiger partial charge is 0.268 e. The van der Waals surface area contributed by atoms with Crippen molar-refractivity contribution >= 4 is 44.0 Å². The molecule has 0 spiro atoms. The number of rotatable bonds is 5. The summed E-state index contributed by atoms with van der Waals surface area (Å²) in [7, 11) is 0. The Morgan fingerprint density at radius 1 is 1.10 bits per heavy atom. The number of benzene rings is 3. The highest BCUT2D eigenvalue weighted by Gasteiger charge is 2.24. The van der Waals surface area contributed by atoms with Gasteiger partial charge in [-0.05, 0) is 55.3 Å². The van der Waals surface area contributed by atoms with Gasteiger partial charge in [-0.3, -0.25) is 19.8 Å². The first kappa shape index (κ1) is 19.7. The number of aromatic nitrogens is 1. The van der Waals surface area contributed by atoms with Crippen LogP contribution in [0.5, 0.6) is 0 Å². The minimum absolute atomic E-state index is 0.00890. The van der Waals surface area contributed by atoms with Gasteiger partial charge in [0.05, 0.1) is 20.8 Å². The van der Waals surface area contributed by atoms with E-state index in [4.69, 9.17) is 0 Å². The SMILES string of the molecule is CCc1ccc(N(C(=O)c2ccc([N+](=O)[O-])c(C)c2)c2nc3ccccc3s2)cc1. The van der Waals surface area contributed by atoms with Crippen LogP contribution in [0, 0.1) is 17.0 Å². The van der Waals surface area contributed by atoms with Crippen LogP contribution in [0.15, 0.2) is 66.7 Å². The maximum atomic E-state index is 13.5. The molecule has 0 atom stereocenters. The molecule has 0 bridgehead atoms. The molecule has 6 nitrogen and oxygen atoms in total. The Morgan fingerprint density at radius 2 is 1.83 bits per heavy atom. The van der Waals surface area contributed by atoms with Crippen LogP contribution < -0.4 is 4.90 Å². The lowest BCUT2D eigenvalue weighted by Crippen LogP contribution is -2.26. The van der Waals surface area contributed by atoms with Crippen molar-refractivity contribution in [3.63, 3.8) is 0 Å². The number of hydrogen-bond donors (Lipinski definition) is 0. The maximum Gasteiger partial charge on any atom is 0.272 e. The molecule has 1 amide bonds. The van der Waals surface area contributed by atoms with Crippen molar-refractivity contribution in [1.29, 1.82) is 0 Å². The number of carbonyl (C=O) groups excluding carboxylic acids is 1. The molecule has 0 aliphatic carbocycles. The molecule has 150 valence electrons. The molecule has 0 unspecified atom stereocenters. The van der Waals surface area contributed by atoms with E-state index in [0.717, 1.165) is 16.6 Å². The van der Waals surface area contributed by atoms with Crippen LogP contribution in [0.25, 0.3) is 10.2 Å². The molecule has 1 heterocycles. The van der Waals surface area contributed by atoms with Crippen molar-refractivity contribution in [3.05, 3.63) is 93.5 Å². The Balaban J connectivity index is 1.82. The van der Waals surface area contributed by atoms with E-state index >= 15 is 0 Å². The maximum absolute atomic E-state index is 13.5. The van der Waals surface area contributed by atoms with Gasteiger partial charge in [0.2, 0.25) is 0 Å². The minimum atomic E-state index is -0.446. The summed E-state index contributed by atoms with van der Waals surface area (Å²) >= 11 is 1.43. The van der Waals surface area contributed by atoms with Gasteiger partial charge in [0.25, 0.3) is 11.6 Å². The summed E-state index contributed by atoms with van der Waals surface area (Å²) in [4.78, 5) is 30.5. The van der Waals surface area contributed by atoms with Gasteiger partial charge >= 0.3 is 0 Å². The number of thiazole rings is 1. The van der Waals surface area contributed by atoms with Crippen LogP contribution in [-0.4, -0.2) is 15.8 Å². The van der Waals surface area contributed by atoms with E-state index in [2.05, 4.69) is 11.9 Å². The molecule has 0 fully saturated rings. The predicted molar refractivity (Wildman–Crippen MR) is 120 cm³/mol. The fraction of sp³-hybridized carbons (Fsp3) is 0.130. The number of hydrogen-bond acceptors (Lipinski definition) is 5. The molecule has 4 aromatic rings. The monoisotopic (exact) mass is 417 g/mol. The van der Waals surface area contributed by atoms with Gasteiger partial charge in [-0.15, -0.1) is 0 Å². The van der Waals surface area contributed by atoms with Gasteiger partial charge < -0.3 is 0 Å². The van der Waals surface area contributed by atoms with Crippen LogP contribution >= 0.6 is 11.3 Å². The van der Waals surface area contributed by atoms with Crippen molar-refractivity contribution in [2.45, 2.75) is 20.3 Å². The zero-order valence-electron chi connectivity index (χ0n) is 16.5. The molecule has 0 aliphatic rings. The highest BCUT2D eigenvalue weighted by atomic mass is 32.1. The lowest BCUT2D eigenvalue weighted by atomic mass is 10.1. The Morgan fingerprint density at radius 3 is 2.47 bits per heavy atom. The first-order chi connectivity index (χ1) is 14.5. The highest BCUT2D eigenvalue weighted by molar-refractivity contribution is 7.22. The summed E-state index contributed by atoms with van der Waals surface area (Å²) in [6, 6.07) is 19.9. The second-order valence-corrected chi connectivity index (χ2v) is 7.89. The molecule has 0 radical (unpaired) electrons. The number of carbonyl (C=O) groups is 1.